The van der Waals surface area contributed by atoms with E-state index in [0.717, 1.165) is 17.7 Å². The number of benzene rings is 1. The first kappa shape index (κ1) is 13.3. The highest BCUT2D eigenvalue weighted by Gasteiger charge is 2.06. The lowest BCUT2D eigenvalue weighted by atomic mass is 10.1. The molecule has 1 aromatic carbocycles. The number of nitrogens with two attached hydrogens (primary N) is 1. The van der Waals surface area contributed by atoms with Crippen LogP contribution in [-0.2, 0) is 4.74 Å². The van der Waals surface area contributed by atoms with Crippen LogP contribution in [0.3, 0.4) is 0 Å². The Labute approximate surface area is 101 Å². The van der Waals surface area contributed by atoms with Gasteiger partial charge in [-0.1, -0.05) is 17.7 Å². The molecule has 0 fully saturated rings. The van der Waals surface area contributed by atoms with Gasteiger partial charge in [-0.25, -0.2) is 0 Å². The Bertz CT molecular complexity index is 329. The van der Waals surface area contributed by atoms with Gasteiger partial charge >= 0.3 is 0 Å². The smallest absolute Gasteiger partial charge is 0.120 e. The largest absolute Gasteiger partial charge is 0.493 e. The quantitative estimate of drug-likeness (QED) is 0.782. The van der Waals surface area contributed by atoms with E-state index in [2.05, 4.69) is 0 Å². The average Bonchev–Trinajstić information content (AvgIpc) is 2.24. The number of rotatable bonds is 6. The van der Waals surface area contributed by atoms with Crippen molar-refractivity contribution in [3.8, 4) is 5.75 Å². The predicted octanol–water partition coefficient (Wildman–Crippen LogP) is 2.78. The second-order valence-corrected chi connectivity index (χ2v) is 4.07. The molecule has 0 saturated carbocycles. The van der Waals surface area contributed by atoms with Crippen molar-refractivity contribution < 1.29 is 9.47 Å². The first-order chi connectivity index (χ1) is 7.65. The minimum atomic E-state index is -0.0601. The van der Waals surface area contributed by atoms with E-state index in [-0.39, 0.29) is 6.04 Å². The van der Waals surface area contributed by atoms with E-state index in [4.69, 9.17) is 26.8 Å². The standard InChI is InChI=1S/C12H18ClNO2/c1-9(14)11-5-4-10(8-12(11)13)16-7-3-6-15-2/h4-5,8-9H,3,6-7,14H2,1-2H3. The van der Waals surface area contributed by atoms with Gasteiger partial charge in [-0.05, 0) is 24.6 Å². The fraction of sp³-hybridized carbons (Fsp3) is 0.500. The van der Waals surface area contributed by atoms with E-state index in [1.165, 1.54) is 0 Å². The predicted molar refractivity (Wildman–Crippen MR) is 66.0 cm³/mol. The van der Waals surface area contributed by atoms with Gasteiger partial charge < -0.3 is 15.2 Å². The lowest BCUT2D eigenvalue weighted by molar-refractivity contribution is 0.172. The molecule has 2 N–H and O–H groups in total. The Kier molecular flexibility index (Phi) is 5.60. The molecule has 0 aliphatic heterocycles. The zero-order chi connectivity index (χ0) is 12.0. The minimum Gasteiger partial charge on any atom is -0.493 e. The second-order valence-electron chi connectivity index (χ2n) is 3.67. The third-order valence-corrected chi connectivity index (χ3v) is 2.55. The molecule has 0 aliphatic rings. The molecule has 16 heavy (non-hydrogen) atoms. The highest BCUT2D eigenvalue weighted by molar-refractivity contribution is 6.31. The molecule has 0 radical (unpaired) electrons. The van der Waals surface area contributed by atoms with E-state index >= 15 is 0 Å². The van der Waals surface area contributed by atoms with Gasteiger partial charge in [0, 0.05) is 31.2 Å². The van der Waals surface area contributed by atoms with E-state index in [0.29, 0.717) is 18.2 Å². The summed E-state index contributed by atoms with van der Waals surface area (Å²) in [5.41, 5.74) is 6.70. The summed E-state index contributed by atoms with van der Waals surface area (Å²) in [7, 11) is 1.67. The van der Waals surface area contributed by atoms with Crippen LogP contribution in [0.1, 0.15) is 24.9 Å². The molecule has 3 nitrogen and oxygen atoms in total. The van der Waals surface area contributed by atoms with Gasteiger partial charge in [0.2, 0.25) is 0 Å². The Morgan fingerprint density at radius 1 is 1.38 bits per heavy atom. The summed E-state index contributed by atoms with van der Waals surface area (Å²) in [5, 5.41) is 0.652. The summed E-state index contributed by atoms with van der Waals surface area (Å²) >= 11 is 6.08. The normalized spacial score (nSPS) is 12.5. The third-order valence-electron chi connectivity index (χ3n) is 2.22. The summed E-state index contributed by atoms with van der Waals surface area (Å²) in [5.74, 6) is 0.769. The SMILES string of the molecule is COCCCOc1ccc(C(C)N)c(Cl)c1. The second kappa shape index (κ2) is 6.74. The van der Waals surface area contributed by atoms with Crippen LogP contribution in [0.4, 0.5) is 0 Å². The van der Waals surface area contributed by atoms with Crippen LogP contribution in [0.5, 0.6) is 5.75 Å². The third kappa shape index (κ3) is 4.00. The van der Waals surface area contributed by atoms with Gasteiger partial charge in [-0.15, -0.1) is 0 Å². The van der Waals surface area contributed by atoms with Crippen LogP contribution >= 0.6 is 11.6 Å². The van der Waals surface area contributed by atoms with E-state index in [1.807, 2.05) is 19.1 Å². The molecule has 1 unspecified atom stereocenters. The summed E-state index contributed by atoms with van der Waals surface area (Å²) in [6.07, 6.45) is 0.864. The van der Waals surface area contributed by atoms with Crippen molar-refractivity contribution in [2.75, 3.05) is 20.3 Å². The van der Waals surface area contributed by atoms with Crippen LogP contribution < -0.4 is 10.5 Å². The molecule has 1 atom stereocenters. The number of hydrogen-bond acceptors (Lipinski definition) is 3. The maximum absolute atomic E-state index is 6.08. The monoisotopic (exact) mass is 243 g/mol. The molecule has 0 heterocycles. The summed E-state index contributed by atoms with van der Waals surface area (Å²) in [6, 6.07) is 5.53. The van der Waals surface area contributed by atoms with E-state index < -0.39 is 0 Å². The van der Waals surface area contributed by atoms with Gasteiger partial charge in [0.25, 0.3) is 0 Å². The van der Waals surface area contributed by atoms with Gasteiger partial charge in [0.05, 0.1) is 6.61 Å². The molecular weight excluding hydrogens is 226 g/mol. The van der Waals surface area contributed by atoms with E-state index in [1.54, 1.807) is 13.2 Å². The first-order valence-corrected chi connectivity index (χ1v) is 5.69. The van der Waals surface area contributed by atoms with Crippen molar-refractivity contribution in [2.24, 2.45) is 5.73 Å². The van der Waals surface area contributed by atoms with Crippen LogP contribution in [0.2, 0.25) is 5.02 Å². The van der Waals surface area contributed by atoms with Crippen molar-refractivity contribution in [3.05, 3.63) is 28.8 Å². The zero-order valence-corrected chi connectivity index (χ0v) is 10.5. The summed E-state index contributed by atoms with van der Waals surface area (Å²) in [6.45, 7) is 3.23. The number of ether oxygens (including phenoxy) is 2. The summed E-state index contributed by atoms with van der Waals surface area (Å²) in [4.78, 5) is 0. The summed E-state index contributed by atoms with van der Waals surface area (Å²) < 4.78 is 10.4. The number of methoxy groups -OCH3 is 1. The Hall–Kier alpha value is -0.770. The van der Waals surface area contributed by atoms with Gasteiger partial charge in [-0.2, -0.15) is 0 Å². The molecule has 0 bridgehead atoms. The Morgan fingerprint density at radius 2 is 2.12 bits per heavy atom. The van der Waals surface area contributed by atoms with Gasteiger partial charge in [-0.3, -0.25) is 0 Å². The van der Waals surface area contributed by atoms with Crippen LogP contribution in [0.25, 0.3) is 0 Å². The highest BCUT2D eigenvalue weighted by Crippen LogP contribution is 2.26. The molecule has 0 aliphatic carbocycles. The Morgan fingerprint density at radius 3 is 2.69 bits per heavy atom. The molecule has 0 spiro atoms. The van der Waals surface area contributed by atoms with Crippen molar-refractivity contribution in [3.63, 3.8) is 0 Å². The van der Waals surface area contributed by atoms with Crippen molar-refractivity contribution in [2.45, 2.75) is 19.4 Å². The maximum Gasteiger partial charge on any atom is 0.120 e. The molecule has 0 amide bonds. The lowest BCUT2D eigenvalue weighted by Gasteiger charge is -2.11. The molecule has 4 heteroatoms. The first-order valence-electron chi connectivity index (χ1n) is 5.32. The molecule has 1 aromatic rings. The van der Waals surface area contributed by atoms with Crippen LogP contribution in [0.15, 0.2) is 18.2 Å². The van der Waals surface area contributed by atoms with Gasteiger partial charge in [0.1, 0.15) is 5.75 Å². The zero-order valence-electron chi connectivity index (χ0n) is 9.70. The topological polar surface area (TPSA) is 44.5 Å². The maximum atomic E-state index is 6.08. The molecule has 0 aromatic heterocycles. The molecular formula is C12H18ClNO2. The van der Waals surface area contributed by atoms with Crippen molar-refractivity contribution in [1.82, 2.24) is 0 Å². The molecule has 0 saturated heterocycles. The lowest BCUT2D eigenvalue weighted by Crippen LogP contribution is -2.06. The Balaban J connectivity index is 2.53. The van der Waals surface area contributed by atoms with Crippen LogP contribution in [0, 0.1) is 0 Å². The average molecular weight is 244 g/mol. The fourth-order valence-corrected chi connectivity index (χ4v) is 1.70. The number of halogens is 1. The fourth-order valence-electron chi connectivity index (χ4n) is 1.36. The molecule has 1 rings (SSSR count). The van der Waals surface area contributed by atoms with Crippen LogP contribution in [-0.4, -0.2) is 20.3 Å². The minimum absolute atomic E-state index is 0.0601. The van der Waals surface area contributed by atoms with E-state index in [9.17, 15) is 0 Å². The number of hydrogen-bond donors (Lipinski definition) is 1. The van der Waals surface area contributed by atoms with Gasteiger partial charge in [0.15, 0.2) is 0 Å². The van der Waals surface area contributed by atoms with Crippen molar-refractivity contribution >= 4 is 11.6 Å². The highest BCUT2D eigenvalue weighted by atomic mass is 35.5. The van der Waals surface area contributed by atoms with Crippen molar-refractivity contribution in [1.29, 1.82) is 0 Å². The molecule has 90 valence electrons.